The second-order valence-electron chi connectivity index (χ2n) is 4.68. The number of nitrogens with one attached hydrogen (secondary N) is 2. The van der Waals surface area contributed by atoms with Gasteiger partial charge in [0.1, 0.15) is 0 Å². The number of rotatable bonds is 3. The summed E-state index contributed by atoms with van der Waals surface area (Å²) in [6.45, 7) is 2.21. The van der Waals surface area contributed by atoms with Crippen LogP contribution in [0.3, 0.4) is 0 Å². The zero-order valence-corrected chi connectivity index (χ0v) is 11.3. The van der Waals surface area contributed by atoms with Gasteiger partial charge in [-0.25, -0.2) is 0 Å². The Morgan fingerprint density at radius 3 is 3.00 bits per heavy atom. The van der Waals surface area contributed by atoms with Crippen molar-refractivity contribution in [1.82, 2.24) is 5.32 Å². The third-order valence-corrected chi connectivity index (χ3v) is 3.29. The normalized spacial score (nSPS) is 19.9. The van der Waals surface area contributed by atoms with Gasteiger partial charge in [0.05, 0.1) is 0 Å². The Hall–Kier alpha value is -1.46. The molecule has 0 bridgehead atoms. The van der Waals surface area contributed by atoms with E-state index in [1.54, 1.807) is 6.07 Å². The predicted octanol–water partition coefficient (Wildman–Crippen LogP) is 1.78. The monoisotopic (exact) mass is 284 g/mol. The van der Waals surface area contributed by atoms with Crippen molar-refractivity contribution in [2.75, 3.05) is 25.2 Å². The standard InChI is InChI=1S/C13H16N2O3.ClH/c16-13(5-9-3-4-14-7-9)15-10-1-2-11-12(6-10)18-8-17-11;/h1-2,6,9,14H,3-5,7-8H2,(H,15,16);1H. The SMILES string of the molecule is Cl.O=C(CC1CCNC1)Nc1ccc2c(c1)OCO2. The van der Waals surface area contributed by atoms with Crippen molar-refractivity contribution >= 4 is 24.0 Å². The third-order valence-electron chi connectivity index (χ3n) is 3.29. The molecule has 1 aromatic carbocycles. The van der Waals surface area contributed by atoms with E-state index in [2.05, 4.69) is 10.6 Å². The Labute approximate surface area is 118 Å². The van der Waals surface area contributed by atoms with Crippen molar-refractivity contribution in [3.05, 3.63) is 18.2 Å². The summed E-state index contributed by atoms with van der Waals surface area (Å²) < 4.78 is 10.5. The Balaban J connectivity index is 0.00000133. The van der Waals surface area contributed by atoms with E-state index in [1.165, 1.54) is 0 Å². The lowest BCUT2D eigenvalue weighted by Gasteiger charge is -2.09. The maximum Gasteiger partial charge on any atom is 0.231 e. The molecule has 1 atom stereocenters. The fourth-order valence-electron chi connectivity index (χ4n) is 2.34. The molecule has 2 heterocycles. The van der Waals surface area contributed by atoms with Gasteiger partial charge < -0.3 is 20.1 Å². The lowest BCUT2D eigenvalue weighted by atomic mass is 10.0. The number of hydrogen-bond donors (Lipinski definition) is 2. The minimum Gasteiger partial charge on any atom is -0.454 e. The predicted molar refractivity (Wildman–Crippen MR) is 74.0 cm³/mol. The number of hydrogen-bond acceptors (Lipinski definition) is 4. The molecule has 104 valence electrons. The molecule has 1 aromatic rings. The van der Waals surface area contributed by atoms with Crippen molar-refractivity contribution in [3.63, 3.8) is 0 Å². The van der Waals surface area contributed by atoms with Gasteiger partial charge in [-0.2, -0.15) is 0 Å². The smallest absolute Gasteiger partial charge is 0.231 e. The minimum absolute atomic E-state index is 0. The maximum atomic E-state index is 11.9. The molecule has 0 radical (unpaired) electrons. The molecule has 5 nitrogen and oxygen atoms in total. The molecule has 1 fully saturated rings. The first kappa shape index (κ1) is 14.0. The van der Waals surface area contributed by atoms with Gasteiger partial charge in [-0.3, -0.25) is 4.79 Å². The van der Waals surface area contributed by atoms with Crippen LogP contribution in [0.5, 0.6) is 11.5 Å². The van der Waals surface area contributed by atoms with Crippen molar-refractivity contribution in [2.45, 2.75) is 12.8 Å². The highest BCUT2D eigenvalue weighted by atomic mass is 35.5. The quantitative estimate of drug-likeness (QED) is 0.888. The fourth-order valence-corrected chi connectivity index (χ4v) is 2.34. The molecule has 0 saturated carbocycles. The molecular formula is C13H17ClN2O3. The van der Waals surface area contributed by atoms with E-state index in [9.17, 15) is 4.79 Å². The highest BCUT2D eigenvalue weighted by molar-refractivity contribution is 5.91. The van der Waals surface area contributed by atoms with Crippen LogP contribution in [-0.2, 0) is 4.79 Å². The summed E-state index contributed by atoms with van der Waals surface area (Å²) >= 11 is 0. The van der Waals surface area contributed by atoms with Crippen LogP contribution in [0, 0.1) is 5.92 Å². The van der Waals surface area contributed by atoms with Crippen molar-refractivity contribution in [3.8, 4) is 11.5 Å². The maximum absolute atomic E-state index is 11.9. The van der Waals surface area contributed by atoms with Gasteiger partial charge in [0.15, 0.2) is 11.5 Å². The molecule has 0 aromatic heterocycles. The highest BCUT2D eigenvalue weighted by Crippen LogP contribution is 2.34. The van der Waals surface area contributed by atoms with Crippen LogP contribution >= 0.6 is 12.4 Å². The van der Waals surface area contributed by atoms with Crippen LogP contribution in [-0.4, -0.2) is 25.8 Å². The van der Waals surface area contributed by atoms with Crippen LogP contribution in [0.2, 0.25) is 0 Å². The van der Waals surface area contributed by atoms with E-state index in [4.69, 9.17) is 9.47 Å². The summed E-state index contributed by atoms with van der Waals surface area (Å²) in [5.41, 5.74) is 0.759. The van der Waals surface area contributed by atoms with Crippen LogP contribution in [0.1, 0.15) is 12.8 Å². The summed E-state index contributed by atoms with van der Waals surface area (Å²) in [6.07, 6.45) is 1.65. The number of carbonyl (C=O) groups excluding carboxylic acids is 1. The second kappa shape index (κ2) is 6.12. The molecule has 0 spiro atoms. The average Bonchev–Trinajstić information content (AvgIpc) is 2.98. The molecule has 3 rings (SSSR count). The molecule has 19 heavy (non-hydrogen) atoms. The summed E-state index contributed by atoms with van der Waals surface area (Å²) in [5.74, 6) is 1.94. The van der Waals surface area contributed by atoms with Gasteiger partial charge in [-0.1, -0.05) is 0 Å². The Bertz CT molecular complexity index is 461. The number of fused-ring (bicyclic) bond motifs is 1. The molecule has 1 unspecified atom stereocenters. The first-order valence-electron chi connectivity index (χ1n) is 6.21. The van der Waals surface area contributed by atoms with Gasteiger partial charge in [0.2, 0.25) is 12.7 Å². The van der Waals surface area contributed by atoms with Gasteiger partial charge in [0.25, 0.3) is 0 Å². The number of anilines is 1. The Morgan fingerprint density at radius 1 is 1.37 bits per heavy atom. The molecular weight excluding hydrogens is 268 g/mol. The van der Waals surface area contributed by atoms with Crippen molar-refractivity contribution < 1.29 is 14.3 Å². The van der Waals surface area contributed by atoms with Crippen LogP contribution in [0.4, 0.5) is 5.69 Å². The number of amides is 1. The van der Waals surface area contributed by atoms with E-state index < -0.39 is 0 Å². The summed E-state index contributed by atoms with van der Waals surface area (Å²) in [6, 6.07) is 5.44. The van der Waals surface area contributed by atoms with Gasteiger partial charge in [0, 0.05) is 18.2 Å². The van der Waals surface area contributed by atoms with Gasteiger partial charge in [-0.15, -0.1) is 12.4 Å². The number of halogens is 1. The van der Waals surface area contributed by atoms with E-state index in [1.807, 2.05) is 12.1 Å². The average molecular weight is 285 g/mol. The summed E-state index contributed by atoms with van der Waals surface area (Å²) in [4.78, 5) is 11.9. The van der Waals surface area contributed by atoms with E-state index in [0.717, 1.165) is 30.9 Å². The number of ether oxygens (including phenoxy) is 2. The van der Waals surface area contributed by atoms with Crippen molar-refractivity contribution in [1.29, 1.82) is 0 Å². The number of carbonyl (C=O) groups is 1. The highest BCUT2D eigenvalue weighted by Gasteiger charge is 2.19. The lowest BCUT2D eigenvalue weighted by Crippen LogP contribution is -2.18. The van der Waals surface area contributed by atoms with Crippen LogP contribution in [0.25, 0.3) is 0 Å². The lowest BCUT2D eigenvalue weighted by molar-refractivity contribution is -0.116. The Morgan fingerprint density at radius 2 is 2.21 bits per heavy atom. The van der Waals surface area contributed by atoms with Gasteiger partial charge >= 0.3 is 0 Å². The zero-order valence-electron chi connectivity index (χ0n) is 10.5. The van der Waals surface area contributed by atoms with E-state index in [0.29, 0.717) is 18.1 Å². The molecule has 1 amide bonds. The molecule has 0 aliphatic carbocycles. The van der Waals surface area contributed by atoms with E-state index >= 15 is 0 Å². The molecule has 6 heteroatoms. The summed E-state index contributed by atoms with van der Waals surface area (Å²) in [5, 5.41) is 6.16. The molecule has 2 N–H and O–H groups in total. The van der Waals surface area contributed by atoms with Crippen LogP contribution in [0.15, 0.2) is 18.2 Å². The minimum atomic E-state index is 0. The number of benzene rings is 1. The molecule has 2 aliphatic heterocycles. The fraction of sp³-hybridized carbons (Fsp3) is 0.462. The summed E-state index contributed by atoms with van der Waals surface area (Å²) in [7, 11) is 0. The Kier molecular flexibility index (Phi) is 4.50. The first-order chi connectivity index (χ1) is 8.81. The van der Waals surface area contributed by atoms with Gasteiger partial charge in [-0.05, 0) is 37.6 Å². The zero-order chi connectivity index (χ0) is 12.4. The van der Waals surface area contributed by atoms with E-state index in [-0.39, 0.29) is 25.1 Å². The van der Waals surface area contributed by atoms with Crippen LogP contribution < -0.4 is 20.1 Å². The topological polar surface area (TPSA) is 59.6 Å². The van der Waals surface area contributed by atoms with Crippen molar-refractivity contribution in [2.24, 2.45) is 5.92 Å². The largest absolute Gasteiger partial charge is 0.454 e. The molecule has 1 saturated heterocycles. The third kappa shape index (κ3) is 3.30. The second-order valence-corrected chi connectivity index (χ2v) is 4.68. The molecule has 2 aliphatic rings. The first-order valence-corrected chi connectivity index (χ1v) is 6.21.